The van der Waals surface area contributed by atoms with Crippen LogP contribution in [0.25, 0.3) is 0 Å². The molecule has 0 amide bonds. The van der Waals surface area contributed by atoms with Gasteiger partial charge in [0.15, 0.2) is 5.16 Å². The van der Waals surface area contributed by atoms with E-state index in [1.54, 1.807) is 42.2 Å². The first kappa shape index (κ1) is 18.0. The Kier molecular flexibility index (Phi) is 4.96. The van der Waals surface area contributed by atoms with Crippen molar-refractivity contribution in [3.05, 3.63) is 60.4 Å². The molecule has 0 aliphatic carbocycles. The van der Waals surface area contributed by atoms with Gasteiger partial charge in [-0.25, -0.2) is 13.2 Å². The molecule has 0 radical (unpaired) electrons. The van der Waals surface area contributed by atoms with Gasteiger partial charge in [0.2, 0.25) is 0 Å². The molecule has 0 saturated carbocycles. The minimum Gasteiger partial charge on any atom is -0.478 e. The third kappa shape index (κ3) is 3.86. The third-order valence-corrected chi connectivity index (χ3v) is 5.89. The van der Waals surface area contributed by atoms with E-state index in [1.165, 1.54) is 30.0 Å². The number of carboxylic acids is 1. The van der Waals surface area contributed by atoms with Gasteiger partial charge in [-0.2, -0.15) is 0 Å². The number of benzene rings is 2. The lowest BCUT2D eigenvalue weighted by atomic mass is 10.2. The summed E-state index contributed by atoms with van der Waals surface area (Å²) in [6.45, 7) is 0. The van der Waals surface area contributed by atoms with Crippen LogP contribution in [0, 0.1) is 0 Å². The van der Waals surface area contributed by atoms with Gasteiger partial charge in [-0.15, -0.1) is 10.2 Å². The first-order valence-corrected chi connectivity index (χ1v) is 9.64. The number of aromatic carboxylic acids is 1. The Labute approximate surface area is 153 Å². The second kappa shape index (κ2) is 7.18. The minimum absolute atomic E-state index is 0.102. The molecule has 0 fully saturated rings. The van der Waals surface area contributed by atoms with E-state index in [0.717, 1.165) is 6.07 Å². The maximum atomic E-state index is 12.7. The number of hydrogen-bond donors (Lipinski definition) is 2. The molecule has 0 unspecified atom stereocenters. The zero-order chi connectivity index (χ0) is 18.7. The maximum Gasteiger partial charge on any atom is 0.335 e. The fraction of sp³-hybridized carbons (Fsp3) is 0.0625. The Bertz CT molecular complexity index is 1060. The van der Waals surface area contributed by atoms with Gasteiger partial charge < -0.3 is 9.67 Å². The summed E-state index contributed by atoms with van der Waals surface area (Å²) < 4.78 is 29.5. The fourth-order valence-corrected chi connectivity index (χ4v) is 4.14. The molecule has 134 valence electrons. The summed E-state index contributed by atoms with van der Waals surface area (Å²) >= 11 is 1.26. The monoisotopic (exact) mass is 390 g/mol. The van der Waals surface area contributed by atoms with Gasteiger partial charge in [0.1, 0.15) is 6.33 Å². The van der Waals surface area contributed by atoms with Crippen LogP contribution in [-0.4, -0.2) is 34.3 Å². The van der Waals surface area contributed by atoms with Crippen molar-refractivity contribution in [3.63, 3.8) is 0 Å². The summed E-state index contributed by atoms with van der Waals surface area (Å²) in [4.78, 5) is 11.6. The van der Waals surface area contributed by atoms with E-state index in [9.17, 15) is 13.2 Å². The van der Waals surface area contributed by atoms with Gasteiger partial charge in [-0.05, 0) is 42.1 Å². The van der Waals surface area contributed by atoms with Crippen molar-refractivity contribution < 1.29 is 18.3 Å². The summed E-state index contributed by atoms with van der Waals surface area (Å²) in [6.07, 6.45) is 1.55. The van der Waals surface area contributed by atoms with Crippen LogP contribution in [0.4, 0.5) is 5.69 Å². The number of carboxylic acid groups (broad SMARTS) is 1. The van der Waals surface area contributed by atoms with E-state index in [4.69, 9.17) is 5.11 Å². The van der Waals surface area contributed by atoms with Crippen LogP contribution < -0.4 is 4.72 Å². The lowest BCUT2D eigenvalue weighted by Crippen LogP contribution is -2.14. The normalized spacial score (nSPS) is 11.3. The molecule has 2 N–H and O–H groups in total. The van der Waals surface area contributed by atoms with Gasteiger partial charge in [0.25, 0.3) is 10.0 Å². The number of sulfonamides is 1. The standard InChI is InChI=1S/C16H14N4O4S2/c1-20-10-17-18-16(20)25-14-8-3-2-7-13(14)19-26(23,24)12-6-4-5-11(9-12)15(21)22/h2-10,19H,1H3,(H,21,22). The zero-order valence-corrected chi connectivity index (χ0v) is 15.2. The second-order valence-electron chi connectivity index (χ2n) is 5.26. The summed E-state index contributed by atoms with van der Waals surface area (Å²) in [5, 5.41) is 17.4. The molecule has 1 heterocycles. The number of carbonyl (C=O) groups is 1. The molecule has 0 spiro atoms. The number of anilines is 1. The highest BCUT2D eigenvalue weighted by atomic mass is 32.2. The Hall–Kier alpha value is -2.85. The summed E-state index contributed by atoms with van der Waals surface area (Å²) in [7, 11) is -2.17. The quantitative estimate of drug-likeness (QED) is 0.664. The molecule has 8 nitrogen and oxygen atoms in total. The highest BCUT2D eigenvalue weighted by Crippen LogP contribution is 2.33. The van der Waals surface area contributed by atoms with Crippen molar-refractivity contribution in [2.45, 2.75) is 14.9 Å². The number of para-hydroxylation sites is 1. The van der Waals surface area contributed by atoms with Gasteiger partial charge in [0, 0.05) is 11.9 Å². The minimum atomic E-state index is -3.95. The lowest BCUT2D eigenvalue weighted by molar-refractivity contribution is 0.0696. The van der Waals surface area contributed by atoms with Gasteiger partial charge in [0.05, 0.1) is 16.1 Å². The molecule has 0 aliphatic rings. The third-order valence-electron chi connectivity index (χ3n) is 3.39. The van der Waals surface area contributed by atoms with Gasteiger partial charge in [-0.3, -0.25) is 4.72 Å². The van der Waals surface area contributed by atoms with E-state index in [2.05, 4.69) is 14.9 Å². The number of aryl methyl sites for hydroxylation is 1. The fourth-order valence-electron chi connectivity index (χ4n) is 2.10. The maximum absolute atomic E-state index is 12.7. The Morgan fingerprint density at radius 1 is 1.19 bits per heavy atom. The number of nitrogens with one attached hydrogen (secondary N) is 1. The summed E-state index contributed by atoms with van der Waals surface area (Å²) in [5.74, 6) is -1.19. The average molecular weight is 390 g/mol. The van der Waals surface area contributed by atoms with E-state index in [-0.39, 0.29) is 10.5 Å². The largest absolute Gasteiger partial charge is 0.478 e. The van der Waals surface area contributed by atoms with Gasteiger partial charge in [-0.1, -0.05) is 18.2 Å². The van der Waals surface area contributed by atoms with Crippen LogP contribution in [0.3, 0.4) is 0 Å². The van der Waals surface area contributed by atoms with Crippen molar-refractivity contribution in [2.24, 2.45) is 7.05 Å². The van der Waals surface area contributed by atoms with Crippen LogP contribution in [-0.2, 0) is 17.1 Å². The molecule has 2 aromatic carbocycles. The predicted octanol–water partition coefficient (Wildman–Crippen LogP) is 2.47. The topological polar surface area (TPSA) is 114 Å². The number of nitrogens with zero attached hydrogens (tertiary/aromatic N) is 3. The first-order chi connectivity index (χ1) is 12.4. The van der Waals surface area contributed by atoms with Crippen LogP contribution in [0.15, 0.2) is 69.8 Å². The molecule has 0 saturated heterocycles. The highest BCUT2D eigenvalue weighted by molar-refractivity contribution is 7.99. The van der Waals surface area contributed by atoms with E-state index in [0.29, 0.717) is 15.7 Å². The van der Waals surface area contributed by atoms with Crippen LogP contribution >= 0.6 is 11.8 Å². The smallest absolute Gasteiger partial charge is 0.335 e. The predicted molar refractivity (Wildman–Crippen MR) is 95.8 cm³/mol. The van der Waals surface area contributed by atoms with Crippen molar-refractivity contribution in [1.29, 1.82) is 0 Å². The number of rotatable bonds is 6. The molecule has 26 heavy (non-hydrogen) atoms. The summed E-state index contributed by atoms with van der Waals surface area (Å²) in [5.41, 5.74) is 0.260. The number of hydrogen-bond acceptors (Lipinski definition) is 6. The van der Waals surface area contributed by atoms with Gasteiger partial charge >= 0.3 is 5.97 Å². The SMILES string of the molecule is Cn1cnnc1Sc1ccccc1NS(=O)(=O)c1cccc(C(=O)O)c1. The van der Waals surface area contributed by atoms with Crippen molar-refractivity contribution in [1.82, 2.24) is 14.8 Å². The zero-order valence-electron chi connectivity index (χ0n) is 13.5. The Morgan fingerprint density at radius 3 is 2.65 bits per heavy atom. The van der Waals surface area contributed by atoms with E-state index < -0.39 is 16.0 Å². The van der Waals surface area contributed by atoms with Crippen molar-refractivity contribution in [2.75, 3.05) is 4.72 Å². The molecular formula is C16H14N4O4S2. The van der Waals surface area contributed by atoms with Crippen LogP contribution in [0.2, 0.25) is 0 Å². The highest BCUT2D eigenvalue weighted by Gasteiger charge is 2.18. The Balaban J connectivity index is 1.92. The molecule has 10 heteroatoms. The Morgan fingerprint density at radius 2 is 1.96 bits per heavy atom. The lowest BCUT2D eigenvalue weighted by Gasteiger charge is -2.12. The summed E-state index contributed by atoms with van der Waals surface area (Å²) in [6, 6.07) is 12.0. The van der Waals surface area contributed by atoms with E-state index in [1.807, 2.05) is 0 Å². The molecule has 0 bridgehead atoms. The van der Waals surface area contributed by atoms with Crippen molar-refractivity contribution in [3.8, 4) is 0 Å². The molecular weight excluding hydrogens is 376 g/mol. The average Bonchev–Trinajstić information content (AvgIpc) is 3.01. The first-order valence-electron chi connectivity index (χ1n) is 7.34. The van der Waals surface area contributed by atoms with E-state index >= 15 is 0 Å². The van der Waals surface area contributed by atoms with Crippen molar-refractivity contribution >= 4 is 33.4 Å². The van der Waals surface area contributed by atoms with Crippen LogP contribution in [0.5, 0.6) is 0 Å². The molecule has 0 atom stereocenters. The molecule has 0 aliphatic heterocycles. The van der Waals surface area contributed by atoms with Crippen LogP contribution in [0.1, 0.15) is 10.4 Å². The molecule has 3 aromatic rings. The second-order valence-corrected chi connectivity index (χ2v) is 7.95. The molecule has 1 aromatic heterocycles. The molecule has 3 rings (SSSR count). The number of aromatic nitrogens is 3.